The molecule has 0 aromatic heterocycles. The molecule has 0 aliphatic heterocycles. The van der Waals surface area contributed by atoms with Gasteiger partial charge in [-0.25, -0.2) is 0 Å². The number of hydrogen-bond donors (Lipinski definition) is 1. The highest BCUT2D eigenvalue weighted by Crippen LogP contribution is 2.31. The van der Waals surface area contributed by atoms with E-state index in [0.717, 1.165) is 5.56 Å². The third-order valence-electron chi connectivity index (χ3n) is 2.36. The Morgan fingerprint density at radius 3 is 2.56 bits per heavy atom. The Bertz CT molecular complexity index is 399. The molecule has 88 valence electrons. The van der Waals surface area contributed by atoms with E-state index in [4.69, 9.17) is 21.4 Å². The molecular weight excluding hydrogens is 228 g/mol. The summed E-state index contributed by atoms with van der Waals surface area (Å²) < 4.78 is 5.17. The average molecular weight is 243 g/mol. The van der Waals surface area contributed by atoms with Gasteiger partial charge in [-0.3, -0.25) is 4.79 Å². The van der Waals surface area contributed by atoms with Crippen LogP contribution in [0.25, 0.3) is 0 Å². The number of carboxylic acid groups (broad SMARTS) is 1. The Morgan fingerprint density at radius 2 is 2.12 bits per heavy atom. The smallest absolute Gasteiger partial charge is 0.307 e. The SMILES string of the molecule is COc1cc(C(C)C)c(Cl)cc1CC(=O)O. The molecule has 1 rings (SSSR count). The predicted octanol–water partition coefficient (Wildman–Crippen LogP) is 3.10. The highest BCUT2D eigenvalue weighted by molar-refractivity contribution is 6.31. The van der Waals surface area contributed by atoms with Crippen LogP contribution in [0.4, 0.5) is 0 Å². The molecule has 0 atom stereocenters. The Labute approximate surface area is 100.0 Å². The lowest BCUT2D eigenvalue weighted by atomic mass is 9.99. The zero-order valence-electron chi connectivity index (χ0n) is 9.58. The maximum atomic E-state index is 10.7. The third-order valence-corrected chi connectivity index (χ3v) is 2.69. The summed E-state index contributed by atoms with van der Waals surface area (Å²) in [7, 11) is 1.53. The molecule has 0 aliphatic carbocycles. The number of methoxy groups -OCH3 is 1. The second kappa shape index (κ2) is 5.21. The minimum Gasteiger partial charge on any atom is -0.496 e. The van der Waals surface area contributed by atoms with Gasteiger partial charge in [0, 0.05) is 10.6 Å². The normalized spacial score (nSPS) is 10.6. The number of rotatable bonds is 4. The maximum Gasteiger partial charge on any atom is 0.307 e. The molecule has 1 N–H and O–H groups in total. The summed E-state index contributed by atoms with van der Waals surface area (Å²) >= 11 is 6.09. The topological polar surface area (TPSA) is 46.5 Å². The summed E-state index contributed by atoms with van der Waals surface area (Å²) in [5.74, 6) is -0.0394. The minimum absolute atomic E-state index is 0.0821. The Morgan fingerprint density at radius 1 is 1.50 bits per heavy atom. The van der Waals surface area contributed by atoms with Crippen LogP contribution in [0, 0.1) is 0 Å². The molecule has 0 fully saturated rings. The number of hydrogen-bond acceptors (Lipinski definition) is 2. The standard InChI is InChI=1S/C12H15ClO3/c1-7(2)9-6-11(16-3)8(4-10(9)13)5-12(14)15/h4,6-7H,5H2,1-3H3,(H,14,15). The quantitative estimate of drug-likeness (QED) is 0.883. The van der Waals surface area contributed by atoms with Crippen molar-refractivity contribution in [1.82, 2.24) is 0 Å². The van der Waals surface area contributed by atoms with E-state index in [2.05, 4.69) is 0 Å². The molecule has 3 nitrogen and oxygen atoms in total. The molecule has 0 amide bonds. The first-order chi connectivity index (χ1) is 7.45. The van der Waals surface area contributed by atoms with Gasteiger partial charge in [0.2, 0.25) is 0 Å². The molecule has 0 unspecified atom stereocenters. The van der Waals surface area contributed by atoms with Crippen LogP contribution in [0.1, 0.15) is 30.9 Å². The van der Waals surface area contributed by atoms with Crippen LogP contribution in [0.3, 0.4) is 0 Å². The van der Waals surface area contributed by atoms with Crippen LogP contribution in [0.15, 0.2) is 12.1 Å². The summed E-state index contributed by atoms with van der Waals surface area (Å²) in [5, 5.41) is 9.35. The molecule has 16 heavy (non-hydrogen) atoms. The monoisotopic (exact) mass is 242 g/mol. The summed E-state index contributed by atoms with van der Waals surface area (Å²) in [6, 6.07) is 3.48. The predicted molar refractivity (Wildman–Crippen MR) is 63.4 cm³/mol. The fraction of sp³-hybridized carbons (Fsp3) is 0.417. The lowest BCUT2D eigenvalue weighted by molar-refractivity contribution is -0.136. The number of carboxylic acids is 1. The third kappa shape index (κ3) is 2.89. The van der Waals surface area contributed by atoms with Crippen LogP contribution in [-0.2, 0) is 11.2 Å². The number of ether oxygens (including phenoxy) is 1. The molecule has 0 heterocycles. The lowest BCUT2D eigenvalue weighted by Gasteiger charge is -2.13. The van der Waals surface area contributed by atoms with Crippen molar-refractivity contribution in [2.45, 2.75) is 26.2 Å². The van der Waals surface area contributed by atoms with Gasteiger partial charge in [0.15, 0.2) is 0 Å². The van der Waals surface area contributed by atoms with Gasteiger partial charge in [0.05, 0.1) is 13.5 Å². The largest absolute Gasteiger partial charge is 0.496 e. The van der Waals surface area contributed by atoms with Crippen LogP contribution < -0.4 is 4.74 Å². The molecule has 4 heteroatoms. The first kappa shape index (κ1) is 12.8. The van der Waals surface area contributed by atoms with E-state index in [1.54, 1.807) is 6.07 Å². The van der Waals surface area contributed by atoms with Crippen LogP contribution in [0.5, 0.6) is 5.75 Å². The molecule has 0 spiro atoms. The van der Waals surface area contributed by atoms with Gasteiger partial charge >= 0.3 is 5.97 Å². The average Bonchev–Trinajstić information content (AvgIpc) is 2.16. The maximum absolute atomic E-state index is 10.7. The highest BCUT2D eigenvalue weighted by Gasteiger charge is 2.13. The summed E-state index contributed by atoms with van der Waals surface area (Å²) in [4.78, 5) is 10.7. The fourth-order valence-corrected chi connectivity index (χ4v) is 1.95. The summed E-state index contributed by atoms with van der Waals surface area (Å²) in [6.07, 6.45) is -0.0821. The first-order valence-electron chi connectivity index (χ1n) is 5.03. The zero-order valence-corrected chi connectivity index (χ0v) is 10.3. The molecular formula is C12H15ClO3. The molecule has 1 aromatic carbocycles. The Kier molecular flexibility index (Phi) is 4.19. The first-order valence-corrected chi connectivity index (χ1v) is 5.41. The van der Waals surface area contributed by atoms with Crippen LogP contribution in [-0.4, -0.2) is 18.2 Å². The van der Waals surface area contributed by atoms with Gasteiger partial charge in [-0.2, -0.15) is 0 Å². The molecule has 1 aromatic rings. The summed E-state index contributed by atoms with van der Waals surface area (Å²) in [6.45, 7) is 4.05. The van der Waals surface area contributed by atoms with Gasteiger partial charge in [-0.05, 0) is 23.6 Å². The lowest BCUT2D eigenvalue weighted by Crippen LogP contribution is -2.03. The Hall–Kier alpha value is -1.22. The van der Waals surface area contributed by atoms with E-state index in [0.29, 0.717) is 16.3 Å². The second-order valence-corrected chi connectivity index (χ2v) is 4.32. The second-order valence-electron chi connectivity index (χ2n) is 3.91. The van der Waals surface area contributed by atoms with Gasteiger partial charge in [-0.15, -0.1) is 0 Å². The molecule has 0 bridgehead atoms. The van der Waals surface area contributed by atoms with Crippen molar-refractivity contribution >= 4 is 17.6 Å². The number of benzene rings is 1. The van der Waals surface area contributed by atoms with Crippen molar-refractivity contribution < 1.29 is 14.6 Å². The van der Waals surface area contributed by atoms with E-state index >= 15 is 0 Å². The van der Waals surface area contributed by atoms with Crippen molar-refractivity contribution in [3.63, 3.8) is 0 Å². The zero-order chi connectivity index (χ0) is 12.3. The van der Waals surface area contributed by atoms with Crippen molar-refractivity contribution in [1.29, 1.82) is 0 Å². The van der Waals surface area contributed by atoms with E-state index in [-0.39, 0.29) is 12.3 Å². The molecule has 0 radical (unpaired) electrons. The van der Waals surface area contributed by atoms with Crippen LogP contribution in [0.2, 0.25) is 5.02 Å². The molecule has 0 aliphatic rings. The number of halogens is 1. The fourth-order valence-electron chi connectivity index (χ4n) is 1.54. The summed E-state index contributed by atoms with van der Waals surface area (Å²) in [5.41, 5.74) is 1.57. The number of carbonyl (C=O) groups is 1. The highest BCUT2D eigenvalue weighted by atomic mass is 35.5. The van der Waals surface area contributed by atoms with Crippen molar-refractivity contribution in [2.75, 3.05) is 7.11 Å². The van der Waals surface area contributed by atoms with Crippen LogP contribution >= 0.6 is 11.6 Å². The Balaban J connectivity index is 3.20. The van der Waals surface area contributed by atoms with Crippen molar-refractivity contribution in [2.24, 2.45) is 0 Å². The minimum atomic E-state index is -0.897. The van der Waals surface area contributed by atoms with Gasteiger partial charge in [0.1, 0.15) is 5.75 Å². The van der Waals surface area contributed by atoms with Gasteiger partial charge in [0.25, 0.3) is 0 Å². The van der Waals surface area contributed by atoms with Gasteiger partial charge in [-0.1, -0.05) is 25.4 Å². The molecule has 0 saturated heterocycles. The van der Waals surface area contributed by atoms with Crippen molar-refractivity contribution in [3.05, 3.63) is 28.3 Å². The van der Waals surface area contributed by atoms with Gasteiger partial charge < -0.3 is 9.84 Å². The van der Waals surface area contributed by atoms with E-state index in [1.165, 1.54) is 7.11 Å². The van der Waals surface area contributed by atoms with Crippen molar-refractivity contribution in [3.8, 4) is 5.75 Å². The molecule has 0 saturated carbocycles. The number of aliphatic carboxylic acids is 1. The van der Waals surface area contributed by atoms with E-state index in [9.17, 15) is 4.79 Å². The van der Waals surface area contributed by atoms with E-state index in [1.807, 2.05) is 19.9 Å². The van der Waals surface area contributed by atoms with E-state index < -0.39 is 5.97 Å².